The number of carbonyl (C=O) groups is 1. The number of hydrogen-bond donors (Lipinski definition) is 1. The standard InChI is InChI=1S/C5H10O2.C3H6/c1-5(2,3)4(6)7;1-3-2/h1-3H3,(H,6,7);3H,1H2,2H3. The van der Waals surface area contributed by atoms with Gasteiger partial charge in [-0.2, -0.15) is 0 Å². The molecule has 0 atom stereocenters. The summed E-state index contributed by atoms with van der Waals surface area (Å²) in [5.74, 6) is -0.757. The number of rotatable bonds is 0. The summed E-state index contributed by atoms with van der Waals surface area (Å²) in [5.41, 5.74) is -0.583. The van der Waals surface area contributed by atoms with E-state index in [-0.39, 0.29) is 0 Å². The summed E-state index contributed by atoms with van der Waals surface area (Å²) < 4.78 is 0. The van der Waals surface area contributed by atoms with E-state index in [1.807, 2.05) is 6.92 Å². The molecule has 0 aliphatic rings. The maximum Gasteiger partial charge on any atom is 0.308 e. The summed E-state index contributed by atoms with van der Waals surface area (Å²) in [7, 11) is 0. The molecule has 0 saturated heterocycles. The van der Waals surface area contributed by atoms with Gasteiger partial charge >= 0.3 is 5.97 Å². The molecular weight excluding hydrogens is 128 g/mol. The Hall–Kier alpha value is -0.790. The van der Waals surface area contributed by atoms with Gasteiger partial charge in [0.25, 0.3) is 0 Å². The fourth-order valence-corrected chi connectivity index (χ4v) is 0. The van der Waals surface area contributed by atoms with Crippen molar-refractivity contribution in [3.63, 3.8) is 0 Å². The Morgan fingerprint density at radius 3 is 1.60 bits per heavy atom. The highest BCUT2D eigenvalue weighted by Gasteiger charge is 2.18. The summed E-state index contributed by atoms with van der Waals surface area (Å²) in [5, 5.41) is 8.25. The van der Waals surface area contributed by atoms with Gasteiger partial charge in [-0.05, 0) is 27.7 Å². The largest absolute Gasteiger partial charge is 0.481 e. The summed E-state index contributed by atoms with van der Waals surface area (Å²) >= 11 is 0. The van der Waals surface area contributed by atoms with Gasteiger partial charge in [0, 0.05) is 0 Å². The molecule has 0 saturated carbocycles. The van der Waals surface area contributed by atoms with E-state index in [0.717, 1.165) is 0 Å². The Bertz CT molecular complexity index is 109. The first-order valence-electron chi connectivity index (χ1n) is 3.16. The molecular formula is C8H16O2. The maximum atomic E-state index is 10.0. The molecule has 1 N–H and O–H groups in total. The van der Waals surface area contributed by atoms with Gasteiger partial charge in [-0.25, -0.2) is 0 Å². The normalized spacial score (nSPS) is 9.20. The topological polar surface area (TPSA) is 37.3 Å². The molecule has 0 amide bonds. The molecule has 0 aromatic carbocycles. The van der Waals surface area contributed by atoms with Crippen LogP contribution in [0.3, 0.4) is 0 Å². The molecule has 0 spiro atoms. The first kappa shape index (κ1) is 11.9. The Kier molecular flexibility index (Phi) is 6.01. The van der Waals surface area contributed by atoms with Crippen molar-refractivity contribution in [1.82, 2.24) is 0 Å². The third-order valence-electron chi connectivity index (χ3n) is 0.642. The molecule has 2 heteroatoms. The van der Waals surface area contributed by atoms with Gasteiger partial charge in [0.1, 0.15) is 0 Å². The van der Waals surface area contributed by atoms with Crippen LogP contribution in [0.25, 0.3) is 0 Å². The first-order valence-corrected chi connectivity index (χ1v) is 3.16. The Labute approximate surface area is 62.6 Å². The number of carboxylic acids is 1. The maximum absolute atomic E-state index is 10.0. The van der Waals surface area contributed by atoms with Crippen molar-refractivity contribution in [2.75, 3.05) is 0 Å². The average Bonchev–Trinajstić information content (AvgIpc) is 1.64. The smallest absolute Gasteiger partial charge is 0.308 e. The lowest BCUT2D eigenvalue weighted by Gasteiger charge is -2.08. The Morgan fingerprint density at radius 2 is 1.60 bits per heavy atom. The second-order valence-corrected chi connectivity index (χ2v) is 2.96. The van der Waals surface area contributed by atoms with E-state index in [0.29, 0.717) is 0 Å². The third kappa shape index (κ3) is 10.2. The van der Waals surface area contributed by atoms with Crippen LogP contribution in [-0.4, -0.2) is 11.1 Å². The van der Waals surface area contributed by atoms with Crippen molar-refractivity contribution in [3.8, 4) is 0 Å². The lowest BCUT2D eigenvalue weighted by Crippen LogP contribution is -2.18. The quantitative estimate of drug-likeness (QED) is 0.530. The van der Waals surface area contributed by atoms with Crippen molar-refractivity contribution in [3.05, 3.63) is 12.7 Å². The fourth-order valence-electron chi connectivity index (χ4n) is 0. The fraction of sp³-hybridized carbons (Fsp3) is 0.625. The second kappa shape index (κ2) is 5.03. The highest BCUT2D eigenvalue weighted by molar-refractivity contribution is 5.72. The average molecular weight is 144 g/mol. The summed E-state index contributed by atoms with van der Waals surface area (Å²) in [6.45, 7) is 10.2. The number of carboxylic acid groups (broad SMARTS) is 1. The van der Waals surface area contributed by atoms with Crippen molar-refractivity contribution < 1.29 is 9.90 Å². The van der Waals surface area contributed by atoms with E-state index in [1.54, 1.807) is 26.8 Å². The molecule has 0 aromatic heterocycles. The lowest BCUT2D eigenvalue weighted by atomic mass is 9.98. The molecule has 2 nitrogen and oxygen atoms in total. The molecule has 0 fully saturated rings. The molecule has 0 aliphatic heterocycles. The van der Waals surface area contributed by atoms with Gasteiger partial charge in [0.2, 0.25) is 0 Å². The highest BCUT2D eigenvalue weighted by atomic mass is 16.4. The minimum atomic E-state index is -0.757. The zero-order valence-electron chi connectivity index (χ0n) is 7.14. The summed E-state index contributed by atoms with van der Waals surface area (Å²) in [6.07, 6.45) is 1.75. The van der Waals surface area contributed by atoms with Crippen LogP contribution in [0.15, 0.2) is 12.7 Å². The molecule has 0 rings (SSSR count). The van der Waals surface area contributed by atoms with Crippen molar-refractivity contribution in [2.24, 2.45) is 5.41 Å². The number of hydrogen-bond acceptors (Lipinski definition) is 1. The molecule has 0 aromatic rings. The predicted molar refractivity (Wildman–Crippen MR) is 43.0 cm³/mol. The van der Waals surface area contributed by atoms with Crippen LogP contribution in [-0.2, 0) is 4.79 Å². The van der Waals surface area contributed by atoms with E-state index in [4.69, 9.17) is 5.11 Å². The molecule has 0 bridgehead atoms. The van der Waals surface area contributed by atoms with Crippen LogP contribution < -0.4 is 0 Å². The summed E-state index contributed by atoms with van der Waals surface area (Å²) in [4.78, 5) is 10.0. The second-order valence-electron chi connectivity index (χ2n) is 2.96. The van der Waals surface area contributed by atoms with Gasteiger partial charge in [-0.1, -0.05) is 6.08 Å². The van der Waals surface area contributed by atoms with Crippen molar-refractivity contribution in [1.29, 1.82) is 0 Å². The van der Waals surface area contributed by atoms with E-state index in [2.05, 4.69) is 6.58 Å². The van der Waals surface area contributed by atoms with E-state index >= 15 is 0 Å². The monoisotopic (exact) mass is 144 g/mol. The Balaban J connectivity index is 0. The van der Waals surface area contributed by atoms with Crippen molar-refractivity contribution in [2.45, 2.75) is 27.7 Å². The van der Waals surface area contributed by atoms with Gasteiger partial charge in [0.15, 0.2) is 0 Å². The van der Waals surface area contributed by atoms with Gasteiger partial charge in [-0.15, -0.1) is 6.58 Å². The van der Waals surface area contributed by atoms with Crippen LogP contribution in [0.1, 0.15) is 27.7 Å². The lowest BCUT2D eigenvalue weighted by molar-refractivity contribution is -0.145. The number of aliphatic carboxylic acids is 1. The molecule has 0 heterocycles. The molecule has 0 unspecified atom stereocenters. The van der Waals surface area contributed by atoms with Crippen LogP contribution >= 0.6 is 0 Å². The first-order chi connectivity index (χ1) is 4.36. The van der Waals surface area contributed by atoms with Gasteiger partial charge in [0.05, 0.1) is 5.41 Å². The summed E-state index contributed by atoms with van der Waals surface area (Å²) in [6, 6.07) is 0. The van der Waals surface area contributed by atoms with E-state index in [9.17, 15) is 4.79 Å². The third-order valence-corrected chi connectivity index (χ3v) is 0.642. The van der Waals surface area contributed by atoms with Crippen LogP contribution in [0.4, 0.5) is 0 Å². The Morgan fingerprint density at radius 1 is 1.50 bits per heavy atom. The zero-order chi connectivity index (χ0) is 8.78. The van der Waals surface area contributed by atoms with E-state index in [1.165, 1.54) is 0 Å². The number of allylic oxidation sites excluding steroid dienone is 1. The van der Waals surface area contributed by atoms with Gasteiger partial charge in [-0.3, -0.25) is 4.79 Å². The minimum Gasteiger partial charge on any atom is -0.481 e. The van der Waals surface area contributed by atoms with Crippen molar-refractivity contribution >= 4 is 5.97 Å². The highest BCUT2D eigenvalue weighted by Crippen LogP contribution is 2.11. The minimum absolute atomic E-state index is 0.583. The molecule has 10 heavy (non-hydrogen) atoms. The van der Waals surface area contributed by atoms with Crippen LogP contribution in [0.5, 0.6) is 0 Å². The predicted octanol–water partition coefficient (Wildman–Crippen LogP) is 2.31. The van der Waals surface area contributed by atoms with Gasteiger partial charge < -0.3 is 5.11 Å². The SMILES string of the molecule is C=CC.CC(C)(C)C(=O)O. The van der Waals surface area contributed by atoms with E-state index < -0.39 is 11.4 Å². The molecule has 0 radical (unpaired) electrons. The van der Waals surface area contributed by atoms with Crippen LogP contribution in [0, 0.1) is 5.41 Å². The molecule has 0 aliphatic carbocycles. The molecule has 60 valence electrons. The van der Waals surface area contributed by atoms with Crippen LogP contribution in [0.2, 0.25) is 0 Å². The zero-order valence-corrected chi connectivity index (χ0v) is 7.14.